The molecule has 1 aromatic rings. The highest BCUT2D eigenvalue weighted by Gasteiger charge is 2.20. The van der Waals surface area contributed by atoms with Crippen molar-refractivity contribution in [2.45, 2.75) is 33.1 Å². The maximum atomic E-state index is 11.5. The third kappa shape index (κ3) is 2.58. The highest BCUT2D eigenvalue weighted by molar-refractivity contribution is 5.96. The molecule has 0 saturated heterocycles. The summed E-state index contributed by atoms with van der Waals surface area (Å²) in [4.78, 5) is 11.5. The van der Waals surface area contributed by atoms with Gasteiger partial charge < -0.3 is 4.74 Å². The van der Waals surface area contributed by atoms with Crippen LogP contribution >= 0.6 is 0 Å². The van der Waals surface area contributed by atoms with E-state index in [1.165, 1.54) is 0 Å². The monoisotopic (exact) mass is 206 g/mol. The Balaban J connectivity index is 3.36. The van der Waals surface area contributed by atoms with Crippen molar-refractivity contribution in [3.8, 4) is 5.75 Å². The number of methoxy groups -OCH3 is 1. The second-order valence-corrected chi connectivity index (χ2v) is 4.72. The van der Waals surface area contributed by atoms with Crippen LogP contribution in [-0.2, 0) is 5.41 Å². The van der Waals surface area contributed by atoms with E-state index in [9.17, 15) is 4.79 Å². The van der Waals surface area contributed by atoms with E-state index in [1.807, 2.05) is 18.2 Å². The Labute approximate surface area is 91.3 Å². The third-order valence-electron chi connectivity index (χ3n) is 2.41. The minimum atomic E-state index is -0.0461. The van der Waals surface area contributed by atoms with Crippen LogP contribution in [0.5, 0.6) is 5.75 Å². The van der Waals surface area contributed by atoms with Crippen LogP contribution < -0.4 is 4.74 Å². The largest absolute Gasteiger partial charge is 0.497 e. The fraction of sp³-hybridized carbons (Fsp3) is 0.462. The molecule has 0 amide bonds. The van der Waals surface area contributed by atoms with Gasteiger partial charge in [0, 0.05) is 5.56 Å². The molecular weight excluding hydrogens is 188 g/mol. The van der Waals surface area contributed by atoms with Crippen molar-refractivity contribution in [1.82, 2.24) is 0 Å². The van der Waals surface area contributed by atoms with E-state index < -0.39 is 0 Å². The summed E-state index contributed by atoms with van der Waals surface area (Å²) in [6.45, 7) is 7.87. The Morgan fingerprint density at radius 2 is 1.87 bits per heavy atom. The Morgan fingerprint density at radius 1 is 1.27 bits per heavy atom. The summed E-state index contributed by atoms with van der Waals surface area (Å²) < 4.78 is 5.17. The van der Waals surface area contributed by atoms with Gasteiger partial charge in [-0.25, -0.2) is 0 Å². The molecule has 0 aromatic heterocycles. The highest BCUT2D eigenvalue weighted by Crippen LogP contribution is 2.29. The van der Waals surface area contributed by atoms with Gasteiger partial charge in [0.1, 0.15) is 5.75 Å². The van der Waals surface area contributed by atoms with Crippen LogP contribution in [0.3, 0.4) is 0 Å². The lowest BCUT2D eigenvalue weighted by Gasteiger charge is -2.22. The second-order valence-electron chi connectivity index (χ2n) is 4.72. The molecule has 0 bridgehead atoms. The molecule has 1 rings (SSSR count). The molecule has 0 unspecified atom stereocenters. The number of ketones is 1. The zero-order valence-corrected chi connectivity index (χ0v) is 10.0. The van der Waals surface area contributed by atoms with E-state index in [4.69, 9.17) is 4.74 Å². The van der Waals surface area contributed by atoms with E-state index >= 15 is 0 Å². The molecule has 0 aliphatic heterocycles. The number of benzene rings is 1. The van der Waals surface area contributed by atoms with Crippen LogP contribution in [0.15, 0.2) is 18.2 Å². The quantitative estimate of drug-likeness (QED) is 0.694. The zero-order valence-electron chi connectivity index (χ0n) is 10.0. The fourth-order valence-electron chi connectivity index (χ4n) is 1.58. The first kappa shape index (κ1) is 11.8. The van der Waals surface area contributed by atoms with Gasteiger partial charge in [-0.3, -0.25) is 4.79 Å². The number of carbonyl (C=O) groups excluding carboxylic acids is 1. The Bertz CT molecular complexity index is 373. The van der Waals surface area contributed by atoms with Crippen molar-refractivity contribution < 1.29 is 9.53 Å². The number of ether oxygens (including phenoxy) is 1. The molecule has 0 spiro atoms. The van der Waals surface area contributed by atoms with Crippen LogP contribution in [0.4, 0.5) is 0 Å². The standard InChI is InChI=1S/C13H18O2/c1-9(14)11-7-6-10(15-5)8-12(11)13(2,3)4/h6-8H,1-5H3. The van der Waals surface area contributed by atoms with Crippen molar-refractivity contribution in [3.63, 3.8) is 0 Å². The molecule has 0 aliphatic carbocycles. The van der Waals surface area contributed by atoms with Crippen molar-refractivity contribution in [2.75, 3.05) is 7.11 Å². The summed E-state index contributed by atoms with van der Waals surface area (Å²) in [6.07, 6.45) is 0. The van der Waals surface area contributed by atoms with Gasteiger partial charge in [-0.1, -0.05) is 20.8 Å². The average Bonchev–Trinajstić information content (AvgIpc) is 2.15. The Kier molecular flexibility index (Phi) is 3.18. The minimum Gasteiger partial charge on any atom is -0.497 e. The van der Waals surface area contributed by atoms with Crippen molar-refractivity contribution in [3.05, 3.63) is 29.3 Å². The van der Waals surface area contributed by atoms with Crippen molar-refractivity contribution in [1.29, 1.82) is 0 Å². The molecule has 15 heavy (non-hydrogen) atoms. The molecule has 0 atom stereocenters. The molecule has 0 N–H and O–H groups in total. The average molecular weight is 206 g/mol. The number of rotatable bonds is 2. The number of hydrogen-bond donors (Lipinski definition) is 0. The Morgan fingerprint density at radius 3 is 2.27 bits per heavy atom. The van der Waals surface area contributed by atoms with Gasteiger partial charge >= 0.3 is 0 Å². The zero-order chi connectivity index (χ0) is 11.6. The number of hydrogen-bond acceptors (Lipinski definition) is 2. The lowest BCUT2D eigenvalue weighted by molar-refractivity contribution is 0.101. The van der Waals surface area contributed by atoms with Gasteiger partial charge in [0.2, 0.25) is 0 Å². The summed E-state index contributed by atoms with van der Waals surface area (Å²) >= 11 is 0. The molecule has 2 heteroatoms. The first-order chi connectivity index (χ1) is 6.86. The molecule has 0 aliphatic rings. The predicted octanol–water partition coefficient (Wildman–Crippen LogP) is 3.20. The van der Waals surface area contributed by atoms with Gasteiger partial charge in [-0.2, -0.15) is 0 Å². The topological polar surface area (TPSA) is 26.3 Å². The van der Waals surface area contributed by atoms with E-state index in [2.05, 4.69) is 20.8 Å². The molecule has 0 radical (unpaired) electrons. The summed E-state index contributed by atoms with van der Waals surface area (Å²) in [7, 11) is 1.63. The molecule has 0 saturated carbocycles. The van der Waals surface area contributed by atoms with Crippen LogP contribution in [-0.4, -0.2) is 12.9 Å². The molecule has 0 fully saturated rings. The molecule has 82 valence electrons. The fourth-order valence-corrected chi connectivity index (χ4v) is 1.58. The van der Waals surface area contributed by atoms with Gasteiger partial charge in [0.05, 0.1) is 7.11 Å². The molecular formula is C13H18O2. The lowest BCUT2D eigenvalue weighted by Crippen LogP contribution is -2.16. The Hall–Kier alpha value is -1.31. The van der Waals surface area contributed by atoms with Gasteiger partial charge in [-0.05, 0) is 36.1 Å². The SMILES string of the molecule is COc1ccc(C(C)=O)c(C(C)(C)C)c1. The normalized spacial score (nSPS) is 11.3. The summed E-state index contributed by atoms with van der Waals surface area (Å²) in [5.74, 6) is 0.896. The molecule has 2 nitrogen and oxygen atoms in total. The first-order valence-electron chi connectivity index (χ1n) is 5.05. The second kappa shape index (κ2) is 4.05. The van der Waals surface area contributed by atoms with Crippen LogP contribution in [0.1, 0.15) is 43.6 Å². The summed E-state index contributed by atoms with van der Waals surface area (Å²) in [5.41, 5.74) is 1.77. The van der Waals surface area contributed by atoms with Crippen LogP contribution in [0.2, 0.25) is 0 Å². The van der Waals surface area contributed by atoms with Crippen molar-refractivity contribution >= 4 is 5.78 Å². The first-order valence-corrected chi connectivity index (χ1v) is 5.05. The van der Waals surface area contributed by atoms with Gasteiger partial charge in [-0.15, -0.1) is 0 Å². The third-order valence-corrected chi connectivity index (χ3v) is 2.41. The maximum Gasteiger partial charge on any atom is 0.160 e. The van der Waals surface area contributed by atoms with Gasteiger partial charge in [0.15, 0.2) is 5.78 Å². The number of carbonyl (C=O) groups is 1. The highest BCUT2D eigenvalue weighted by atomic mass is 16.5. The maximum absolute atomic E-state index is 11.5. The smallest absolute Gasteiger partial charge is 0.160 e. The van der Waals surface area contributed by atoms with Crippen LogP contribution in [0.25, 0.3) is 0 Å². The summed E-state index contributed by atoms with van der Waals surface area (Å²) in [6, 6.07) is 5.60. The predicted molar refractivity (Wildman–Crippen MR) is 61.7 cm³/mol. The van der Waals surface area contributed by atoms with Crippen molar-refractivity contribution in [2.24, 2.45) is 0 Å². The minimum absolute atomic E-state index is 0.0461. The van der Waals surface area contributed by atoms with E-state index in [-0.39, 0.29) is 11.2 Å². The summed E-state index contributed by atoms with van der Waals surface area (Å²) in [5, 5.41) is 0. The number of Topliss-reactive ketones (excluding diaryl/α,β-unsaturated/α-hetero) is 1. The van der Waals surface area contributed by atoms with Gasteiger partial charge in [0.25, 0.3) is 0 Å². The lowest BCUT2D eigenvalue weighted by atomic mass is 9.82. The van der Waals surface area contributed by atoms with E-state index in [0.29, 0.717) is 0 Å². The molecule has 0 heterocycles. The van der Waals surface area contributed by atoms with E-state index in [1.54, 1.807) is 14.0 Å². The molecule has 1 aromatic carbocycles. The van der Waals surface area contributed by atoms with E-state index in [0.717, 1.165) is 16.9 Å². The van der Waals surface area contributed by atoms with Crippen LogP contribution in [0, 0.1) is 0 Å².